The molecule has 40 heavy (non-hydrogen) atoms. The first-order valence-electron chi connectivity index (χ1n) is 15.2. The van der Waals surface area contributed by atoms with Crippen molar-refractivity contribution in [3.8, 4) is 0 Å². The molecule has 0 aromatic carbocycles. The molecule has 0 radical (unpaired) electrons. The molecule has 0 aromatic heterocycles. The first-order chi connectivity index (χ1) is 19.5. The van der Waals surface area contributed by atoms with Gasteiger partial charge in [-0.1, -0.05) is 0 Å². The molecule has 12 nitrogen and oxygen atoms in total. The number of nitrogens with zero attached hydrogens (tertiary/aromatic N) is 2. The summed E-state index contributed by atoms with van der Waals surface area (Å²) in [4.78, 5) is 30.9. The van der Waals surface area contributed by atoms with Gasteiger partial charge in [-0.2, -0.15) is 0 Å². The standard InChI is InChI=1S/C28H51N5O7/c1-36-23-16-20-17-24(25(23)37-2)38-14-3-6-22(40-27(35)21-18-30-28(29)31-19-21)7-11-33-9-4-8-32(12-13-33)10-5-15-39-26(20)34/h20-25,28,30-31H,3-19,29H2,1-2H3. The Bertz CT molecular complexity index is 784. The van der Waals surface area contributed by atoms with Gasteiger partial charge < -0.3 is 39.2 Å². The highest BCUT2D eigenvalue weighted by atomic mass is 16.6. The number of ether oxygens (including phenoxy) is 5. The van der Waals surface area contributed by atoms with Crippen LogP contribution in [0.4, 0.5) is 0 Å². The average molecular weight is 570 g/mol. The van der Waals surface area contributed by atoms with Crippen LogP contribution in [0.15, 0.2) is 0 Å². The molecule has 7 unspecified atom stereocenters. The van der Waals surface area contributed by atoms with E-state index in [2.05, 4.69) is 20.4 Å². The van der Waals surface area contributed by atoms with Gasteiger partial charge in [0.25, 0.3) is 0 Å². The third-order valence-electron chi connectivity index (χ3n) is 8.77. The number of fused-ring (bicyclic) bond motifs is 5. The first-order valence-corrected chi connectivity index (χ1v) is 15.2. The molecule has 7 atom stereocenters. The minimum atomic E-state index is -0.292. The van der Waals surface area contributed by atoms with E-state index in [4.69, 9.17) is 29.4 Å². The molecule has 0 aromatic rings. The van der Waals surface area contributed by atoms with Crippen molar-refractivity contribution >= 4 is 11.9 Å². The number of carbonyl (C=O) groups is 2. The number of nitrogens with one attached hydrogen (secondary N) is 2. The Morgan fingerprint density at radius 3 is 2.35 bits per heavy atom. The zero-order valence-corrected chi connectivity index (χ0v) is 24.4. The Morgan fingerprint density at radius 1 is 0.900 bits per heavy atom. The van der Waals surface area contributed by atoms with Gasteiger partial charge in [-0.25, -0.2) is 0 Å². The zero-order chi connectivity index (χ0) is 28.3. The van der Waals surface area contributed by atoms with Crippen LogP contribution in [0.1, 0.15) is 44.9 Å². The number of methoxy groups -OCH3 is 2. The number of rotatable bonds is 4. The van der Waals surface area contributed by atoms with E-state index in [1.54, 1.807) is 14.2 Å². The van der Waals surface area contributed by atoms with Crippen LogP contribution in [0.3, 0.4) is 0 Å². The van der Waals surface area contributed by atoms with E-state index < -0.39 is 0 Å². The Kier molecular flexibility index (Phi) is 12.9. The molecule has 4 bridgehead atoms. The summed E-state index contributed by atoms with van der Waals surface area (Å²) >= 11 is 0. The fourth-order valence-electron chi connectivity index (χ4n) is 6.35. The van der Waals surface area contributed by atoms with Gasteiger partial charge in [-0.3, -0.25) is 20.2 Å². The zero-order valence-electron chi connectivity index (χ0n) is 24.4. The van der Waals surface area contributed by atoms with E-state index in [0.717, 1.165) is 65.0 Å². The van der Waals surface area contributed by atoms with Gasteiger partial charge in [-0.05, 0) is 58.0 Å². The van der Waals surface area contributed by atoms with Crippen LogP contribution >= 0.6 is 0 Å². The largest absolute Gasteiger partial charge is 0.465 e. The maximum absolute atomic E-state index is 13.0. The number of carbonyl (C=O) groups excluding carboxylic acids is 2. The molecule has 230 valence electrons. The van der Waals surface area contributed by atoms with Crippen LogP contribution < -0.4 is 16.4 Å². The third-order valence-corrected chi connectivity index (χ3v) is 8.77. The molecule has 4 aliphatic rings. The van der Waals surface area contributed by atoms with Gasteiger partial charge in [0.2, 0.25) is 0 Å². The fourth-order valence-corrected chi connectivity index (χ4v) is 6.35. The van der Waals surface area contributed by atoms with Gasteiger partial charge in [-0.15, -0.1) is 0 Å². The van der Waals surface area contributed by atoms with Gasteiger partial charge in [0.15, 0.2) is 0 Å². The maximum atomic E-state index is 13.0. The molecular weight excluding hydrogens is 518 g/mol. The lowest BCUT2D eigenvalue weighted by atomic mass is 9.83. The lowest BCUT2D eigenvalue weighted by molar-refractivity contribution is -0.172. The summed E-state index contributed by atoms with van der Waals surface area (Å²) < 4.78 is 29.5. The van der Waals surface area contributed by atoms with Crippen molar-refractivity contribution < 1.29 is 33.3 Å². The molecule has 3 heterocycles. The minimum Gasteiger partial charge on any atom is -0.465 e. The summed E-state index contributed by atoms with van der Waals surface area (Å²) in [7, 11) is 3.31. The van der Waals surface area contributed by atoms with Crippen LogP contribution in [0.25, 0.3) is 0 Å². The van der Waals surface area contributed by atoms with Crippen molar-refractivity contribution in [2.45, 2.75) is 75.7 Å². The van der Waals surface area contributed by atoms with E-state index in [0.29, 0.717) is 45.6 Å². The van der Waals surface area contributed by atoms with Crippen molar-refractivity contribution in [2.24, 2.45) is 17.6 Å². The quantitative estimate of drug-likeness (QED) is 0.390. The Balaban J connectivity index is 1.41. The normalized spacial score (nSPS) is 39.2. The Morgan fingerprint density at radius 2 is 1.62 bits per heavy atom. The van der Waals surface area contributed by atoms with E-state index in [9.17, 15) is 9.59 Å². The molecule has 3 aliphatic heterocycles. The Hall–Kier alpha value is -1.38. The van der Waals surface area contributed by atoms with Crippen LogP contribution in [-0.4, -0.2) is 132 Å². The highest BCUT2D eigenvalue weighted by molar-refractivity contribution is 5.73. The maximum Gasteiger partial charge on any atom is 0.311 e. The van der Waals surface area contributed by atoms with Crippen molar-refractivity contribution in [2.75, 3.05) is 79.8 Å². The van der Waals surface area contributed by atoms with Gasteiger partial charge in [0.05, 0.1) is 30.7 Å². The molecule has 0 spiro atoms. The summed E-state index contributed by atoms with van der Waals surface area (Å²) in [5, 5.41) is 6.18. The van der Waals surface area contributed by atoms with E-state index >= 15 is 0 Å². The molecular formula is C28H51N5O7. The summed E-state index contributed by atoms with van der Waals surface area (Å²) in [5.41, 5.74) is 5.84. The molecule has 0 amide bonds. The van der Waals surface area contributed by atoms with Crippen LogP contribution in [0, 0.1) is 11.8 Å². The molecule has 4 N–H and O–H groups in total. The fraction of sp³-hybridized carbons (Fsp3) is 0.929. The first kappa shape index (κ1) is 31.6. The van der Waals surface area contributed by atoms with E-state index in [-0.39, 0.29) is 54.5 Å². The summed E-state index contributed by atoms with van der Waals surface area (Å²) in [6, 6.07) is 0. The predicted octanol–water partition coefficient (Wildman–Crippen LogP) is -0.100. The molecule has 1 aliphatic carbocycles. The number of hydrogen-bond acceptors (Lipinski definition) is 12. The summed E-state index contributed by atoms with van der Waals surface area (Å²) in [5.74, 6) is -0.902. The number of esters is 2. The lowest BCUT2D eigenvalue weighted by Gasteiger charge is -2.39. The Labute approximate surface area is 238 Å². The average Bonchev–Trinajstić information content (AvgIpc) is 3.20. The summed E-state index contributed by atoms with van der Waals surface area (Å²) in [6.07, 6.45) is 4.00. The lowest BCUT2D eigenvalue weighted by Crippen LogP contribution is -2.59. The topological polar surface area (TPSA) is 137 Å². The van der Waals surface area contributed by atoms with Gasteiger partial charge in [0.1, 0.15) is 18.5 Å². The van der Waals surface area contributed by atoms with E-state index in [1.165, 1.54) is 0 Å². The second kappa shape index (κ2) is 16.3. The SMILES string of the molecule is COC1CC2CC(OCCCC(OC(=O)C3CNC(N)NC3)CCN3CCCN(CCCOC2=O)CC3)C1OC. The molecule has 4 fully saturated rings. The monoisotopic (exact) mass is 569 g/mol. The second-order valence-electron chi connectivity index (χ2n) is 11.6. The smallest absolute Gasteiger partial charge is 0.311 e. The third kappa shape index (κ3) is 9.32. The number of cyclic esters (lactones) is 1. The van der Waals surface area contributed by atoms with Crippen LogP contribution in [-0.2, 0) is 33.3 Å². The molecule has 1 saturated carbocycles. The highest BCUT2D eigenvalue weighted by Gasteiger charge is 2.42. The van der Waals surface area contributed by atoms with Crippen LogP contribution in [0.5, 0.6) is 0 Å². The predicted molar refractivity (Wildman–Crippen MR) is 148 cm³/mol. The second-order valence-corrected chi connectivity index (χ2v) is 11.6. The van der Waals surface area contributed by atoms with Gasteiger partial charge in [0, 0.05) is 60.1 Å². The highest BCUT2D eigenvalue weighted by Crippen LogP contribution is 2.32. The molecule has 12 heteroatoms. The number of hydrogen-bond donors (Lipinski definition) is 3. The van der Waals surface area contributed by atoms with Gasteiger partial charge >= 0.3 is 11.9 Å². The van der Waals surface area contributed by atoms with Crippen molar-refractivity contribution in [1.82, 2.24) is 20.4 Å². The van der Waals surface area contributed by atoms with Crippen molar-refractivity contribution in [1.29, 1.82) is 0 Å². The van der Waals surface area contributed by atoms with Crippen molar-refractivity contribution in [3.63, 3.8) is 0 Å². The van der Waals surface area contributed by atoms with Crippen molar-refractivity contribution in [3.05, 3.63) is 0 Å². The molecule has 4 rings (SSSR count). The number of nitrogens with two attached hydrogens (primary N) is 1. The van der Waals surface area contributed by atoms with E-state index in [1.807, 2.05) is 0 Å². The summed E-state index contributed by atoms with van der Waals surface area (Å²) in [6.45, 7) is 7.79. The minimum absolute atomic E-state index is 0.176. The molecule has 3 saturated heterocycles. The van der Waals surface area contributed by atoms with Crippen LogP contribution in [0.2, 0.25) is 0 Å².